The Labute approximate surface area is 161 Å². The maximum Gasteiger partial charge on any atom is 0.226 e. The molecular weight excluding hydrogens is 324 g/mol. The lowest BCUT2D eigenvalue weighted by Crippen LogP contribution is -2.53. The molecule has 0 N–H and O–H groups in total. The second-order valence-electron chi connectivity index (χ2n) is 8.62. The number of carbonyl (C=O) groups excluding carboxylic acids is 1. The average molecular weight is 368 g/mol. The Bertz CT molecular complexity index is 380. The average Bonchev–Trinajstić information content (AvgIpc) is 3.26. The van der Waals surface area contributed by atoms with Crippen LogP contribution < -0.4 is 0 Å². The first-order valence-corrected chi connectivity index (χ1v) is 11.5. The fraction of sp³-hybridized carbons (Fsp3) is 0.955. The molecule has 1 unspecified atom stereocenters. The van der Waals surface area contributed by atoms with Crippen molar-refractivity contribution in [1.82, 2.24) is 4.90 Å². The van der Waals surface area contributed by atoms with Crippen LogP contribution in [-0.2, 0) is 9.53 Å². The summed E-state index contributed by atoms with van der Waals surface area (Å²) in [4.78, 5) is 14.0. The SMILES string of the molecule is CCCCCCCCCCCCCC[N+]1(CN2CCCC2=O)CCOC1. The van der Waals surface area contributed by atoms with E-state index in [1.54, 1.807) is 0 Å². The monoisotopic (exact) mass is 367 g/mol. The Hall–Kier alpha value is -0.610. The zero-order valence-corrected chi connectivity index (χ0v) is 17.4. The minimum atomic E-state index is 0.351. The minimum Gasteiger partial charge on any atom is -0.326 e. The van der Waals surface area contributed by atoms with Gasteiger partial charge in [-0.2, -0.15) is 0 Å². The van der Waals surface area contributed by atoms with Gasteiger partial charge in [-0.15, -0.1) is 0 Å². The van der Waals surface area contributed by atoms with E-state index in [2.05, 4.69) is 11.8 Å². The highest BCUT2D eigenvalue weighted by molar-refractivity contribution is 5.77. The lowest BCUT2D eigenvalue weighted by molar-refractivity contribution is -0.933. The van der Waals surface area contributed by atoms with Crippen LogP contribution in [0.15, 0.2) is 0 Å². The van der Waals surface area contributed by atoms with Crippen LogP contribution in [0, 0.1) is 0 Å². The summed E-state index contributed by atoms with van der Waals surface area (Å²) in [5.74, 6) is 0.351. The van der Waals surface area contributed by atoms with Gasteiger partial charge in [0.15, 0.2) is 13.4 Å². The van der Waals surface area contributed by atoms with Crippen molar-refractivity contribution in [3.63, 3.8) is 0 Å². The van der Waals surface area contributed by atoms with Crippen LogP contribution in [0.1, 0.15) is 96.8 Å². The van der Waals surface area contributed by atoms with E-state index in [1.807, 2.05) is 0 Å². The number of rotatable bonds is 15. The van der Waals surface area contributed by atoms with Gasteiger partial charge in [0, 0.05) is 13.0 Å². The summed E-state index contributed by atoms with van der Waals surface area (Å²) in [6.45, 7) is 8.06. The van der Waals surface area contributed by atoms with Crippen LogP contribution in [0.5, 0.6) is 0 Å². The molecule has 0 bridgehead atoms. The number of quaternary nitrogens is 1. The van der Waals surface area contributed by atoms with Crippen molar-refractivity contribution in [3.8, 4) is 0 Å². The van der Waals surface area contributed by atoms with Gasteiger partial charge in [-0.1, -0.05) is 71.1 Å². The molecule has 0 aliphatic carbocycles. The molecule has 2 rings (SSSR count). The van der Waals surface area contributed by atoms with Gasteiger partial charge in [0.25, 0.3) is 0 Å². The topological polar surface area (TPSA) is 29.5 Å². The van der Waals surface area contributed by atoms with Crippen LogP contribution in [0.2, 0.25) is 0 Å². The maximum absolute atomic E-state index is 12.0. The molecule has 0 saturated carbocycles. The third-order valence-corrected chi connectivity index (χ3v) is 6.20. The van der Waals surface area contributed by atoms with Gasteiger partial charge in [0.1, 0.15) is 13.2 Å². The molecule has 2 fully saturated rings. The van der Waals surface area contributed by atoms with E-state index in [1.165, 1.54) is 83.6 Å². The zero-order valence-electron chi connectivity index (χ0n) is 17.4. The zero-order chi connectivity index (χ0) is 18.5. The Morgan fingerprint density at radius 3 is 2.04 bits per heavy atom. The maximum atomic E-state index is 12.0. The Morgan fingerprint density at radius 1 is 0.923 bits per heavy atom. The number of likely N-dealkylation sites (tertiary alicyclic amines) is 1. The molecule has 0 aromatic heterocycles. The normalized spacial score (nSPS) is 23.3. The molecule has 0 aromatic rings. The van der Waals surface area contributed by atoms with Gasteiger partial charge in [0.05, 0.1) is 6.54 Å². The van der Waals surface area contributed by atoms with E-state index >= 15 is 0 Å². The number of amides is 1. The summed E-state index contributed by atoms with van der Waals surface area (Å²) in [5, 5.41) is 0. The molecule has 4 nitrogen and oxygen atoms in total. The van der Waals surface area contributed by atoms with Crippen molar-refractivity contribution in [2.75, 3.05) is 39.6 Å². The summed E-state index contributed by atoms with van der Waals surface area (Å²) in [6.07, 6.45) is 18.5. The van der Waals surface area contributed by atoms with Gasteiger partial charge in [0.2, 0.25) is 5.91 Å². The third kappa shape index (κ3) is 7.96. The van der Waals surface area contributed by atoms with Crippen LogP contribution in [0.3, 0.4) is 0 Å². The predicted octanol–water partition coefficient (Wildman–Crippen LogP) is 5.07. The van der Waals surface area contributed by atoms with E-state index in [-0.39, 0.29) is 0 Å². The van der Waals surface area contributed by atoms with Gasteiger partial charge < -0.3 is 4.74 Å². The predicted molar refractivity (Wildman–Crippen MR) is 108 cm³/mol. The number of unbranched alkanes of at least 4 members (excludes halogenated alkanes) is 11. The molecule has 152 valence electrons. The van der Waals surface area contributed by atoms with Gasteiger partial charge in [-0.25, -0.2) is 0 Å². The van der Waals surface area contributed by atoms with Crippen molar-refractivity contribution in [2.24, 2.45) is 0 Å². The fourth-order valence-electron chi connectivity index (χ4n) is 4.44. The largest absolute Gasteiger partial charge is 0.326 e. The highest BCUT2D eigenvalue weighted by atomic mass is 16.5. The van der Waals surface area contributed by atoms with Crippen LogP contribution in [0.25, 0.3) is 0 Å². The second kappa shape index (κ2) is 12.7. The number of hydrogen-bond donors (Lipinski definition) is 0. The molecular formula is C22H43N2O2+. The van der Waals surface area contributed by atoms with Crippen molar-refractivity contribution in [2.45, 2.75) is 96.8 Å². The molecule has 0 spiro atoms. The molecule has 26 heavy (non-hydrogen) atoms. The molecule has 2 heterocycles. The number of carbonyl (C=O) groups is 1. The Morgan fingerprint density at radius 2 is 1.54 bits per heavy atom. The Kier molecular flexibility index (Phi) is 10.6. The second-order valence-corrected chi connectivity index (χ2v) is 8.62. The third-order valence-electron chi connectivity index (χ3n) is 6.20. The first kappa shape index (κ1) is 21.7. The lowest BCUT2D eigenvalue weighted by Gasteiger charge is -2.35. The lowest BCUT2D eigenvalue weighted by atomic mass is 10.1. The molecule has 4 heteroatoms. The molecule has 1 atom stereocenters. The first-order chi connectivity index (χ1) is 12.8. The fourth-order valence-corrected chi connectivity index (χ4v) is 4.44. The Balaban J connectivity index is 1.48. The summed E-state index contributed by atoms with van der Waals surface area (Å²) in [6, 6.07) is 0. The van der Waals surface area contributed by atoms with E-state index in [9.17, 15) is 4.79 Å². The smallest absolute Gasteiger partial charge is 0.226 e. The minimum absolute atomic E-state index is 0.351. The number of nitrogens with zero attached hydrogens (tertiary/aromatic N) is 2. The molecule has 2 aliphatic rings. The van der Waals surface area contributed by atoms with Crippen LogP contribution in [0.4, 0.5) is 0 Å². The van der Waals surface area contributed by atoms with Crippen molar-refractivity contribution in [1.29, 1.82) is 0 Å². The summed E-state index contributed by atoms with van der Waals surface area (Å²) in [7, 11) is 0. The number of ether oxygens (including phenoxy) is 1. The molecule has 1 amide bonds. The van der Waals surface area contributed by atoms with E-state index in [4.69, 9.17) is 4.74 Å². The summed E-state index contributed by atoms with van der Waals surface area (Å²) >= 11 is 0. The molecule has 0 aromatic carbocycles. The van der Waals surface area contributed by atoms with Gasteiger partial charge in [-0.05, 0) is 19.3 Å². The van der Waals surface area contributed by atoms with Gasteiger partial charge >= 0.3 is 0 Å². The summed E-state index contributed by atoms with van der Waals surface area (Å²) < 4.78 is 6.69. The van der Waals surface area contributed by atoms with Crippen LogP contribution >= 0.6 is 0 Å². The molecule has 2 saturated heterocycles. The van der Waals surface area contributed by atoms with Crippen molar-refractivity contribution in [3.05, 3.63) is 0 Å². The highest BCUT2D eigenvalue weighted by Crippen LogP contribution is 2.21. The number of hydrogen-bond acceptors (Lipinski definition) is 2. The van der Waals surface area contributed by atoms with Crippen molar-refractivity contribution < 1.29 is 14.0 Å². The first-order valence-electron chi connectivity index (χ1n) is 11.5. The van der Waals surface area contributed by atoms with Crippen LogP contribution in [-0.4, -0.2) is 54.9 Å². The molecule has 0 radical (unpaired) electrons. The quantitative estimate of drug-likeness (QED) is 0.299. The van der Waals surface area contributed by atoms with Gasteiger partial charge in [-0.3, -0.25) is 14.2 Å². The van der Waals surface area contributed by atoms with E-state index in [0.29, 0.717) is 5.91 Å². The standard InChI is InChI=1S/C22H43N2O2/c1-2-3-4-5-6-7-8-9-10-11-12-13-17-24(18-19-26-21-24)20-23-16-14-15-22(23)25/h2-21H2,1H3/q+1. The molecule has 2 aliphatic heterocycles. The van der Waals surface area contributed by atoms with E-state index < -0.39 is 0 Å². The van der Waals surface area contributed by atoms with Crippen molar-refractivity contribution >= 4 is 5.91 Å². The van der Waals surface area contributed by atoms with E-state index in [0.717, 1.165) is 50.4 Å². The highest BCUT2D eigenvalue weighted by Gasteiger charge is 2.36. The summed E-state index contributed by atoms with van der Waals surface area (Å²) in [5.41, 5.74) is 0.